The molecule has 3 N–H and O–H groups in total. The van der Waals surface area contributed by atoms with Gasteiger partial charge in [0.2, 0.25) is 0 Å². The summed E-state index contributed by atoms with van der Waals surface area (Å²) in [5.74, 6) is 0. The fraction of sp³-hybridized carbons (Fsp3) is 1.00. The summed E-state index contributed by atoms with van der Waals surface area (Å²) in [5.41, 5.74) is 0. The number of hydrogen-bond acceptors (Lipinski definition) is 6. The first kappa shape index (κ1) is 94.7. The molecule has 0 radical (unpaired) electrons. The van der Waals surface area contributed by atoms with Crippen LogP contribution in [0.25, 0.3) is 0 Å². The monoisotopic (exact) mass is 198 g/mol. The SMILES string of the molecule is C[O-].C[O-].C[O-].[Al+3].[Al+3].[OH-].[OH-].[OH-]. The molecule has 0 heterocycles. The first-order valence-electron chi connectivity index (χ1n) is 1.22. The molecule has 0 fully saturated rings. The summed E-state index contributed by atoms with van der Waals surface area (Å²) in [6, 6.07) is 0. The van der Waals surface area contributed by atoms with Gasteiger partial charge in [-0.05, 0) is 0 Å². The van der Waals surface area contributed by atoms with Crippen LogP contribution in [0.5, 0.6) is 0 Å². The Morgan fingerprint density at radius 1 is 0.455 bits per heavy atom. The topological polar surface area (TPSA) is 159 Å². The molecular weight excluding hydrogens is 186 g/mol. The van der Waals surface area contributed by atoms with E-state index in [1.54, 1.807) is 0 Å². The fourth-order valence-corrected chi connectivity index (χ4v) is 0. The predicted octanol–water partition coefficient (Wildman–Crippen LogP) is -4.36. The van der Waals surface area contributed by atoms with E-state index in [1.165, 1.54) is 0 Å². The number of rotatable bonds is 0. The maximum atomic E-state index is 8.25. The van der Waals surface area contributed by atoms with Crippen molar-refractivity contribution in [1.82, 2.24) is 0 Å². The molecule has 8 heteroatoms. The van der Waals surface area contributed by atoms with E-state index in [4.69, 9.17) is 15.3 Å². The molecule has 6 nitrogen and oxygen atoms in total. The second kappa shape index (κ2) is 1540. The summed E-state index contributed by atoms with van der Waals surface area (Å²) < 4.78 is 0. The second-order valence-corrected chi connectivity index (χ2v) is 0. The third-order valence-electron chi connectivity index (χ3n) is 0. The third kappa shape index (κ3) is 1240. The Morgan fingerprint density at radius 2 is 0.455 bits per heavy atom. The molecule has 0 aliphatic rings. The zero-order valence-electron chi connectivity index (χ0n) is 6.72. The Morgan fingerprint density at radius 3 is 0.455 bits per heavy atom. The minimum atomic E-state index is 0. The van der Waals surface area contributed by atoms with Crippen molar-refractivity contribution in [3.8, 4) is 0 Å². The summed E-state index contributed by atoms with van der Waals surface area (Å²) in [4.78, 5) is 0. The van der Waals surface area contributed by atoms with Gasteiger partial charge < -0.3 is 31.7 Å². The second-order valence-electron chi connectivity index (χ2n) is 0. The molecule has 0 spiro atoms. The molecule has 66 valence electrons. The molecule has 0 amide bonds. The van der Waals surface area contributed by atoms with Gasteiger partial charge in [-0.3, -0.25) is 0 Å². The molecule has 0 aromatic carbocycles. The zero-order chi connectivity index (χ0) is 6.00. The largest absolute Gasteiger partial charge is 3.00 e. The van der Waals surface area contributed by atoms with E-state index in [0.29, 0.717) is 0 Å². The van der Waals surface area contributed by atoms with Crippen molar-refractivity contribution in [3.05, 3.63) is 0 Å². The van der Waals surface area contributed by atoms with E-state index < -0.39 is 0 Å². The quantitative estimate of drug-likeness (QED) is 0.357. The first-order chi connectivity index (χ1) is 3.00. The van der Waals surface area contributed by atoms with Crippen molar-refractivity contribution in [2.75, 3.05) is 21.3 Å². The molecule has 0 saturated heterocycles. The third-order valence-corrected chi connectivity index (χ3v) is 0. The Labute approximate surface area is 88.1 Å². The van der Waals surface area contributed by atoms with Crippen LogP contribution in [0.15, 0.2) is 0 Å². The molecule has 0 aromatic rings. The van der Waals surface area contributed by atoms with E-state index in [-0.39, 0.29) is 51.2 Å². The number of hydrogen-bond donors (Lipinski definition) is 0. The van der Waals surface area contributed by atoms with Crippen LogP contribution in [0.4, 0.5) is 0 Å². The molecule has 0 bridgehead atoms. The van der Waals surface area contributed by atoms with Crippen LogP contribution in [0.1, 0.15) is 0 Å². The average Bonchev–Trinajstić information content (AvgIpc) is 1.81. The Kier molecular flexibility index (Phi) is 13200. The van der Waals surface area contributed by atoms with Gasteiger partial charge in [0.1, 0.15) is 0 Å². The molecule has 0 atom stereocenters. The van der Waals surface area contributed by atoms with Crippen LogP contribution in [0.2, 0.25) is 0 Å². The molecular formula is C3H12Al2O6. The summed E-state index contributed by atoms with van der Waals surface area (Å²) in [5, 5.41) is 24.8. The Bertz CT molecular complexity index is 15.8. The van der Waals surface area contributed by atoms with Crippen LogP contribution in [-0.2, 0) is 0 Å². The molecule has 0 unspecified atom stereocenters. The van der Waals surface area contributed by atoms with Crippen molar-refractivity contribution in [1.29, 1.82) is 0 Å². The van der Waals surface area contributed by atoms with Gasteiger partial charge in [0, 0.05) is 0 Å². The summed E-state index contributed by atoms with van der Waals surface area (Å²) in [6.07, 6.45) is 0. The fourth-order valence-electron chi connectivity index (χ4n) is 0. The van der Waals surface area contributed by atoms with Gasteiger partial charge in [-0.15, -0.1) is 0 Å². The van der Waals surface area contributed by atoms with Crippen LogP contribution in [0.3, 0.4) is 0 Å². The summed E-state index contributed by atoms with van der Waals surface area (Å²) in [7, 11) is 2.25. The van der Waals surface area contributed by atoms with E-state index >= 15 is 0 Å². The molecule has 0 rings (SSSR count). The van der Waals surface area contributed by atoms with E-state index in [1.807, 2.05) is 0 Å². The van der Waals surface area contributed by atoms with Gasteiger partial charge in [-0.2, -0.15) is 21.3 Å². The van der Waals surface area contributed by atoms with Crippen molar-refractivity contribution in [2.24, 2.45) is 0 Å². The van der Waals surface area contributed by atoms with E-state index in [0.717, 1.165) is 21.3 Å². The van der Waals surface area contributed by atoms with Crippen LogP contribution >= 0.6 is 0 Å². The van der Waals surface area contributed by atoms with Gasteiger partial charge in [0.25, 0.3) is 0 Å². The van der Waals surface area contributed by atoms with Crippen molar-refractivity contribution in [2.45, 2.75) is 0 Å². The Balaban J connectivity index is -0.00000000167. The average molecular weight is 198 g/mol. The van der Waals surface area contributed by atoms with Gasteiger partial charge in [0.15, 0.2) is 0 Å². The zero-order valence-corrected chi connectivity index (χ0v) is 9.03. The van der Waals surface area contributed by atoms with Crippen LogP contribution in [0, 0.1) is 0 Å². The minimum absolute atomic E-state index is 0. The normalized spacial score (nSPS) is 1.64. The van der Waals surface area contributed by atoms with Crippen LogP contribution < -0.4 is 15.3 Å². The van der Waals surface area contributed by atoms with Crippen molar-refractivity contribution in [3.63, 3.8) is 0 Å². The standard InChI is InChI=1S/3CH3O.2Al.3H2O/c3*1-2;;;;;/h3*1H3;;;3*1H2/q3*-1;2*+3;;;/p-3. The predicted molar refractivity (Wildman–Crippen MR) is 35.1 cm³/mol. The maximum absolute atomic E-state index is 8.25. The van der Waals surface area contributed by atoms with E-state index in [9.17, 15) is 0 Å². The molecule has 0 aromatic heterocycles. The van der Waals surface area contributed by atoms with Gasteiger partial charge in [-0.1, -0.05) is 0 Å². The summed E-state index contributed by atoms with van der Waals surface area (Å²) >= 11 is 0. The summed E-state index contributed by atoms with van der Waals surface area (Å²) in [6.45, 7) is 0. The molecule has 0 aliphatic carbocycles. The Hall–Kier alpha value is 0.825. The van der Waals surface area contributed by atoms with E-state index in [2.05, 4.69) is 0 Å². The van der Waals surface area contributed by atoms with Crippen molar-refractivity contribution >= 4 is 34.7 Å². The molecule has 0 aliphatic heterocycles. The minimum Gasteiger partial charge on any atom is -0.870 e. The van der Waals surface area contributed by atoms with Crippen molar-refractivity contribution < 1.29 is 31.7 Å². The first-order valence-corrected chi connectivity index (χ1v) is 1.22. The van der Waals surface area contributed by atoms with Gasteiger partial charge in [-0.25, -0.2) is 0 Å². The maximum Gasteiger partial charge on any atom is 3.00 e. The van der Waals surface area contributed by atoms with Gasteiger partial charge >= 0.3 is 34.7 Å². The smallest absolute Gasteiger partial charge is 0.870 e. The van der Waals surface area contributed by atoms with Crippen LogP contribution in [-0.4, -0.2) is 72.5 Å². The van der Waals surface area contributed by atoms with Gasteiger partial charge in [0.05, 0.1) is 0 Å². The molecule has 11 heavy (non-hydrogen) atoms. The molecule has 0 saturated carbocycles.